The second-order valence-corrected chi connectivity index (χ2v) is 6.29. The van der Waals surface area contributed by atoms with Gasteiger partial charge < -0.3 is 10.2 Å². The van der Waals surface area contributed by atoms with Crippen molar-refractivity contribution in [3.63, 3.8) is 0 Å². The van der Waals surface area contributed by atoms with Crippen molar-refractivity contribution in [2.75, 3.05) is 18.0 Å². The largest absolute Gasteiger partial charge is 0.371 e. The number of rotatable bonds is 5. The molecule has 2 heteroatoms. The minimum absolute atomic E-state index is 0.647. The van der Waals surface area contributed by atoms with Gasteiger partial charge in [-0.05, 0) is 44.2 Å². The number of para-hydroxylation sites is 1. The summed E-state index contributed by atoms with van der Waals surface area (Å²) < 4.78 is 0. The molecule has 0 radical (unpaired) electrons. The van der Waals surface area contributed by atoms with Crippen LogP contribution in [0.25, 0.3) is 0 Å². The maximum Gasteiger partial charge on any atom is 0.0366 e. The quantitative estimate of drug-likeness (QED) is 0.869. The summed E-state index contributed by atoms with van der Waals surface area (Å²) in [6, 6.07) is 12.1. The summed E-state index contributed by atoms with van der Waals surface area (Å²) in [5, 5.41) is 3.80. The lowest BCUT2D eigenvalue weighted by Crippen LogP contribution is -2.45. The minimum Gasteiger partial charge on any atom is -0.371 e. The van der Waals surface area contributed by atoms with Gasteiger partial charge in [0.15, 0.2) is 0 Å². The summed E-state index contributed by atoms with van der Waals surface area (Å²) in [7, 11) is 0. The predicted octanol–water partition coefficient (Wildman–Crippen LogP) is 3.68. The third-order valence-corrected chi connectivity index (χ3v) is 3.96. The normalized spacial score (nSPS) is 18.8. The van der Waals surface area contributed by atoms with Gasteiger partial charge in [-0.1, -0.05) is 32.0 Å². The Morgan fingerprint density at radius 2 is 1.74 bits per heavy atom. The average molecular weight is 260 g/mol. The fourth-order valence-electron chi connectivity index (χ4n) is 3.12. The van der Waals surface area contributed by atoms with Crippen LogP contribution in [-0.4, -0.2) is 25.2 Å². The predicted molar refractivity (Wildman–Crippen MR) is 83.7 cm³/mol. The molecule has 2 nitrogen and oxygen atoms in total. The second-order valence-electron chi connectivity index (χ2n) is 6.29. The molecular weight excluding hydrogens is 232 g/mol. The second kappa shape index (κ2) is 6.95. The maximum atomic E-state index is 3.80. The Bertz CT molecular complexity index is 353. The van der Waals surface area contributed by atoms with Gasteiger partial charge in [0.2, 0.25) is 0 Å². The summed E-state index contributed by atoms with van der Waals surface area (Å²) in [6.45, 7) is 9.28. The molecule has 1 unspecified atom stereocenters. The van der Waals surface area contributed by atoms with E-state index in [1.54, 1.807) is 0 Å². The van der Waals surface area contributed by atoms with E-state index in [0.717, 1.165) is 5.92 Å². The number of nitrogens with zero attached hydrogens (tertiary/aromatic N) is 1. The molecule has 106 valence electrons. The van der Waals surface area contributed by atoms with E-state index in [4.69, 9.17) is 0 Å². The van der Waals surface area contributed by atoms with Crippen LogP contribution < -0.4 is 10.2 Å². The standard InChI is InChI=1S/C17H28N2/c1-14(2)13-15(3)18-16-9-11-19(12-10-16)17-7-5-4-6-8-17/h4-8,14-16,18H,9-13H2,1-3H3. The van der Waals surface area contributed by atoms with E-state index in [1.165, 1.54) is 38.0 Å². The molecule has 19 heavy (non-hydrogen) atoms. The van der Waals surface area contributed by atoms with Crippen LogP contribution in [0.5, 0.6) is 0 Å². The zero-order valence-electron chi connectivity index (χ0n) is 12.6. The van der Waals surface area contributed by atoms with Gasteiger partial charge in [0.1, 0.15) is 0 Å². The number of anilines is 1. The van der Waals surface area contributed by atoms with Gasteiger partial charge in [-0.25, -0.2) is 0 Å². The van der Waals surface area contributed by atoms with E-state index < -0.39 is 0 Å². The molecule has 2 rings (SSSR count). The van der Waals surface area contributed by atoms with E-state index >= 15 is 0 Å². The molecule has 1 atom stereocenters. The van der Waals surface area contributed by atoms with Crippen molar-refractivity contribution < 1.29 is 0 Å². The Kier molecular flexibility index (Phi) is 5.26. The van der Waals surface area contributed by atoms with E-state index in [0.29, 0.717) is 12.1 Å². The maximum absolute atomic E-state index is 3.80. The molecule has 0 saturated carbocycles. The number of hydrogen-bond acceptors (Lipinski definition) is 2. The van der Waals surface area contributed by atoms with Gasteiger partial charge in [0.05, 0.1) is 0 Å². The number of hydrogen-bond donors (Lipinski definition) is 1. The van der Waals surface area contributed by atoms with Gasteiger partial charge in [0.25, 0.3) is 0 Å². The highest BCUT2D eigenvalue weighted by Gasteiger charge is 2.20. The highest BCUT2D eigenvalue weighted by Crippen LogP contribution is 2.20. The molecule has 1 aliphatic heterocycles. The molecule has 0 amide bonds. The number of nitrogens with one attached hydrogen (secondary N) is 1. The molecule has 1 saturated heterocycles. The van der Waals surface area contributed by atoms with E-state index in [9.17, 15) is 0 Å². The zero-order valence-corrected chi connectivity index (χ0v) is 12.6. The van der Waals surface area contributed by atoms with Crippen LogP contribution in [0.4, 0.5) is 5.69 Å². The van der Waals surface area contributed by atoms with Gasteiger partial charge in [-0.2, -0.15) is 0 Å². The smallest absolute Gasteiger partial charge is 0.0366 e. The summed E-state index contributed by atoms with van der Waals surface area (Å²) in [5.74, 6) is 0.784. The summed E-state index contributed by atoms with van der Waals surface area (Å²) in [5.41, 5.74) is 1.37. The molecule has 1 fully saturated rings. The van der Waals surface area contributed by atoms with Crippen molar-refractivity contribution >= 4 is 5.69 Å². The van der Waals surface area contributed by atoms with Crippen molar-refractivity contribution in [2.45, 2.75) is 52.1 Å². The first-order chi connectivity index (χ1) is 9.15. The van der Waals surface area contributed by atoms with Crippen LogP contribution in [0, 0.1) is 5.92 Å². The fraction of sp³-hybridized carbons (Fsp3) is 0.647. The van der Waals surface area contributed by atoms with Crippen LogP contribution in [0.3, 0.4) is 0 Å². The first-order valence-corrected chi connectivity index (χ1v) is 7.71. The Balaban J connectivity index is 1.76. The molecule has 1 aliphatic rings. The first-order valence-electron chi connectivity index (χ1n) is 7.71. The minimum atomic E-state index is 0.647. The van der Waals surface area contributed by atoms with Crippen molar-refractivity contribution in [3.05, 3.63) is 30.3 Å². The third-order valence-electron chi connectivity index (χ3n) is 3.96. The molecule has 0 aromatic heterocycles. The van der Waals surface area contributed by atoms with E-state index in [1.807, 2.05) is 0 Å². The molecule has 0 aliphatic carbocycles. The average Bonchev–Trinajstić information content (AvgIpc) is 2.39. The van der Waals surface area contributed by atoms with Crippen LogP contribution in [0.2, 0.25) is 0 Å². The highest BCUT2D eigenvalue weighted by atomic mass is 15.1. The Morgan fingerprint density at radius 1 is 1.11 bits per heavy atom. The van der Waals surface area contributed by atoms with Crippen LogP contribution in [0.1, 0.15) is 40.0 Å². The van der Waals surface area contributed by atoms with Crippen LogP contribution >= 0.6 is 0 Å². The Labute approximate surface area is 118 Å². The third kappa shape index (κ3) is 4.54. The van der Waals surface area contributed by atoms with Gasteiger partial charge in [0, 0.05) is 30.9 Å². The topological polar surface area (TPSA) is 15.3 Å². The molecule has 0 bridgehead atoms. The summed E-state index contributed by atoms with van der Waals surface area (Å²) in [6.07, 6.45) is 3.80. The van der Waals surface area contributed by atoms with Crippen molar-refractivity contribution in [3.8, 4) is 0 Å². The van der Waals surface area contributed by atoms with E-state index in [-0.39, 0.29) is 0 Å². The Hall–Kier alpha value is -1.02. The highest BCUT2D eigenvalue weighted by molar-refractivity contribution is 5.46. The van der Waals surface area contributed by atoms with Crippen molar-refractivity contribution in [2.24, 2.45) is 5.92 Å². The molecule has 1 aromatic rings. The van der Waals surface area contributed by atoms with Crippen molar-refractivity contribution in [1.29, 1.82) is 0 Å². The SMILES string of the molecule is CC(C)CC(C)NC1CCN(c2ccccc2)CC1. The van der Waals surface area contributed by atoms with Crippen molar-refractivity contribution in [1.82, 2.24) is 5.32 Å². The fourth-order valence-corrected chi connectivity index (χ4v) is 3.12. The van der Waals surface area contributed by atoms with Gasteiger partial charge in [-0.15, -0.1) is 0 Å². The first kappa shape index (κ1) is 14.4. The summed E-state index contributed by atoms with van der Waals surface area (Å²) >= 11 is 0. The summed E-state index contributed by atoms with van der Waals surface area (Å²) in [4.78, 5) is 2.51. The molecule has 0 spiro atoms. The molecule has 1 aromatic carbocycles. The molecule has 1 N–H and O–H groups in total. The lowest BCUT2D eigenvalue weighted by Gasteiger charge is -2.35. The molecular formula is C17H28N2. The zero-order chi connectivity index (χ0) is 13.7. The van der Waals surface area contributed by atoms with Gasteiger partial charge in [-0.3, -0.25) is 0 Å². The Morgan fingerprint density at radius 3 is 2.32 bits per heavy atom. The number of benzene rings is 1. The lowest BCUT2D eigenvalue weighted by atomic mass is 10.00. The molecule has 1 heterocycles. The van der Waals surface area contributed by atoms with E-state index in [2.05, 4.69) is 61.3 Å². The van der Waals surface area contributed by atoms with Gasteiger partial charge >= 0.3 is 0 Å². The van der Waals surface area contributed by atoms with Crippen LogP contribution in [-0.2, 0) is 0 Å². The van der Waals surface area contributed by atoms with Crippen LogP contribution in [0.15, 0.2) is 30.3 Å². The number of piperidine rings is 1. The lowest BCUT2D eigenvalue weighted by molar-refractivity contribution is 0.346. The monoisotopic (exact) mass is 260 g/mol.